The Bertz CT molecular complexity index is 735. The van der Waals surface area contributed by atoms with Crippen molar-refractivity contribution < 1.29 is 17.9 Å². The van der Waals surface area contributed by atoms with E-state index in [1.165, 1.54) is 6.07 Å². The number of morpholine rings is 1. The zero-order chi connectivity index (χ0) is 16.7. The van der Waals surface area contributed by atoms with Crippen LogP contribution in [0.3, 0.4) is 0 Å². The summed E-state index contributed by atoms with van der Waals surface area (Å²) >= 11 is 0. The van der Waals surface area contributed by atoms with E-state index in [0.29, 0.717) is 11.7 Å². The molecule has 1 aromatic carbocycles. The predicted octanol–water partition coefficient (Wildman–Crippen LogP) is 3.04. The fraction of sp³-hybridized carbons (Fsp3) is 0.375. The van der Waals surface area contributed by atoms with Gasteiger partial charge in [-0.3, -0.25) is 0 Å². The summed E-state index contributed by atoms with van der Waals surface area (Å²) in [7, 11) is 0. The zero-order valence-corrected chi connectivity index (χ0v) is 12.5. The molecule has 4 rings (SSSR count). The molecule has 1 aromatic heterocycles. The number of fused-ring (bicyclic) bond motifs is 2. The van der Waals surface area contributed by atoms with Gasteiger partial charge in [0.05, 0.1) is 12.2 Å². The Labute approximate surface area is 136 Å². The van der Waals surface area contributed by atoms with Crippen molar-refractivity contribution in [2.24, 2.45) is 0 Å². The van der Waals surface area contributed by atoms with Gasteiger partial charge in [0.25, 0.3) is 0 Å². The molecule has 2 fully saturated rings. The van der Waals surface area contributed by atoms with Crippen LogP contribution in [0.5, 0.6) is 0 Å². The Morgan fingerprint density at radius 3 is 2.58 bits per heavy atom. The van der Waals surface area contributed by atoms with Crippen LogP contribution in [0.2, 0.25) is 0 Å². The third-order valence-electron chi connectivity index (χ3n) is 4.25. The molecular formula is C16H15F3N4O. The van der Waals surface area contributed by atoms with Gasteiger partial charge in [0.15, 0.2) is 0 Å². The summed E-state index contributed by atoms with van der Waals surface area (Å²) in [6.45, 7) is 0.899. The topological polar surface area (TPSA) is 59.1 Å². The normalized spacial score (nSPS) is 25.9. The van der Waals surface area contributed by atoms with Gasteiger partial charge in [-0.1, -0.05) is 12.1 Å². The average molecular weight is 336 g/mol. The number of anilines is 2. The predicted molar refractivity (Wildman–Crippen MR) is 80.8 cm³/mol. The highest BCUT2D eigenvalue weighted by molar-refractivity contribution is 5.56. The Hall–Kier alpha value is -2.19. The number of nitrogens with zero attached hydrogens (tertiary/aromatic N) is 2. The number of benzene rings is 1. The van der Waals surface area contributed by atoms with E-state index in [1.54, 1.807) is 12.1 Å². The van der Waals surface area contributed by atoms with Gasteiger partial charge >= 0.3 is 6.18 Å². The number of aromatic nitrogens is 2. The Kier molecular flexibility index (Phi) is 3.65. The number of halogens is 3. The minimum atomic E-state index is -4.56. The average Bonchev–Trinajstić information content (AvgIpc) is 3.18. The van der Waals surface area contributed by atoms with Crippen molar-refractivity contribution in [3.63, 3.8) is 0 Å². The summed E-state index contributed by atoms with van der Waals surface area (Å²) in [4.78, 5) is 6.73. The Morgan fingerprint density at radius 1 is 1.17 bits per heavy atom. The highest BCUT2D eigenvalue weighted by atomic mass is 19.4. The van der Waals surface area contributed by atoms with Gasteiger partial charge in [-0.05, 0) is 30.2 Å². The molecule has 3 atom stereocenters. The minimum absolute atomic E-state index is 0.0358. The maximum atomic E-state index is 12.6. The smallest absolute Gasteiger partial charge is 0.367 e. The number of ether oxygens (including phenoxy) is 1. The molecule has 5 nitrogen and oxygen atoms in total. The first-order chi connectivity index (χ1) is 11.5. The summed E-state index contributed by atoms with van der Waals surface area (Å²) in [5.41, 5.74) is 1.71. The molecule has 0 aliphatic carbocycles. The van der Waals surface area contributed by atoms with Crippen LogP contribution in [-0.4, -0.2) is 28.7 Å². The van der Waals surface area contributed by atoms with Gasteiger partial charge < -0.3 is 15.4 Å². The Morgan fingerprint density at radius 2 is 1.96 bits per heavy atom. The van der Waals surface area contributed by atoms with Crippen molar-refractivity contribution in [2.45, 2.75) is 30.8 Å². The Balaban J connectivity index is 1.48. The van der Waals surface area contributed by atoms with Gasteiger partial charge in [0.2, 0.25) is 5.82 Å². The van der Waals surface area contributed by atoms with E-state index in [2.05, 4.69) is 20.6 Å². The van der Waals surface area contributed by atoms with Crippen LogP contribution >= 0.6 is 0 Å². The van der Waals surface area contributed by atoms with Crippen molar-refractivity contribution in [3.8, 4) is 0 Å². The van der Waals surface area contributed by atoms with Crippen molar-refractivity contribution in [2.75, 3.05) is 11.9 Å². The first-order valence-electron chi connectivity index (χ1n) is 7.65. The van der Waals surface area contributed by atoms with Crippen molar-refractivity contribution in [1.29, 1.82) is 0 Å². The molecule has 0 spiro atoms. The molecule has 2 N–H and O–H groups in total. The molecule has 0 amide bonds. The molecule has 0 saturated carbocycles. The van der Waals surface area contributed by atoms with Gasteiger partial charge in [-0.2, -0.15) is 13.2 Å². The molecular weight excluding hydrogens is 321 g/mol. The monoisotopic (exact) mass is 336 g/mol. The molecule has 2 aliphatic heterocycles. The standard InChI is InChI=1S/C16H15F3N4O/c17-16(18,19)15-20-6-5-13(23-15)22-10-3-1-9(2-4-10)14-12-7-11(24-14)8-21-12/h1-6,11-12,14,21H,7-8H2,(H,20,22,23). The van der Waals surface area contributed by atoms with E-state index in [1.807, 2.05) is 12.1 Å². The van der Waals surface area contributed by atoms with Crippen LogP contribution in [0.25, 0.3) is 0 Å². The van der Waals surface area contributed by atoms with E-state index < -0.39 is 12.0 Å². The second-order valence-electron chi connectivity index (χ2n) is 5.94. The first-order valence-corrected chi connectivity index (χ1v) is 7.65. The van der Waals surface area contributed by atoms with Crippen LogP contribution < -0.4 is 10.6 Å². The lowest BCUT2D eigenvalue weighted by molar-refractivity contribution is -0.144. The zero-order valence-electron chi connectivity index (χ0n) is 12.5. The van der Waals surface area contributed by atoms with E-state index in [0.717, 1.165) is 24.7 Å². The van der Waals surface area contributed by atoms with Crippen LogP contribution in [0.4, 0.5) is 24.7 Å². The largest absolute Gasteiger partial charge is 0.451 e. The molecule has 2 aliphatic rings. The van der Waals surface area contributed by atoms with Gasteiger partial charge in [-0.25, -0.2) is 9.97 Å². The van der Waals surface area contributed by atoms with Crippen LogP contribution in [0.1, 0.15) is 23.9 Å². The first kappa shape index (κ1) is 15.3. The fourth-order valence-electron chi connectivity index (χ4n) is 3.15. The molecule has 8 heteroatoms. The van der Waals surface area contributed by atoms with Crippen molar-refractivity contribution >= 4 is 11.5 Å². The molecule has 126 valence electrons. The van der Waals surface area contributed by atoms with Crippen molar-refractivity contribution in [3.05, 3.63) is 47.9 Å². The molecule has 2 bridgehead atoms. The highest BCUT2D eigenvalue weighted by Crippen LogP contribution is 2.37. The maximum absolute atomic E-state index is 12.6. The quantitative estimate of drug-likeness (QED) is 0.902. The van der Waals surface area contributed by atoms with Gasteiger partial charge in [0, 0.05) is 24.5 Å². The molecule has 2 saturated heterocycles. The molecule has 0 radical (unpaired) electrons. The lowest BCUT2D eigenvalue weighted by atomic mass is 10.0. The number of hydrogen-bond donors (Lipinski definition) is 2. The molecule has 3 heterocycles. The van der Waals surface area contributed by atoms with E-state index in [4.69, 9.17) is 4.74 Å². The second-order valence-corrected chi connectivity index (χ2v) is 5.94. The molecule has 3 unspecified atom stereocenters. The summed E-state index contributed by atoms with van der Waals surface area (Å²) in [6, 6.07) is 9.18. The maximum Gasteiger partial charge on any atom is 0.451 e. The number of hydrogen-bond acceptors (Lipinski definition) is 5. The fourth-order valence-corrected chi connectivity index (χ4v) is 3.15. The summed E-state index contributed by atoms with van der Waals surface area (Å²) in [5.74, 6) is -1.06. The highest BCUT2D eigenvalue weighted by Gasteiger charge is 2.41. The third kappa shape index (κ3) is 2.94. The van der Waals surface area contributed by atoms with Crippen LogP contribution in [-0.2, 0) is 10.9 Å². The number of alkyl halides is 3. The number of nitrogens with one attached hydrogen (secondary N) is 2. The van der Waals surface area contributed by atoms with E-state index in [-0.39, 0.29) is 18.0 Å². The second kappa shape index (κ2) is 5.71. The van der Waals surface area contributed by atoms with Gasteiger partial charge in [0.1, 0.15) is 5.82 Å². The summed E-state index contributed by atoms with van der Waals surface area (Å²) in [5, 5.41) is 6.28. The van der Waals surface area contributed by atoms with Crippen LogP contribution in [0.15, 0.2) is 36.5 Å². The summed E-state index contributed by atoms with van der Waals surface area (Å²) in [6.07, 6.45) is -2.14. The third-order valence-corrected chi connectivity index (χ3v) is 4.25. The lowest BCUT2D eigenvalue weighted by Gasteiger charge is -2.23. The lowest BCUT2D eigenvalue weighted by Crippen LogP contribution is -2.33. The number of rotatable bonds is 3. The SMILES string of the molecule is FC(F)(F)c1nccc(Nc2ccc(C3OC4CNC3C4)cc2)n1. The summed E-state index contributed by atoms with van der Waals surface area (Å²) < 4.78 is 43.8. The minimum Gasteiger partial charge on any atom is -0.367 e. The van der Waals surface area contributed by atoms with Gasteiger partial charge in [-0.15, -0.1) is 0 Å². The van der Waals surface area contributed by atoms with Crippen molar-refractivity contribution in [1.82, 2.24) is 15.3 Å². The molecule has 24 heavy (non-hydrogen) atoms. The van der Waals surface area contributed by atoms with Crippen LogP contribution in [0, 0.1) is 0 Å². The van der Waals surface area contributed by atoms with E-state index in [9.17, 15) is 13.2 Å². The molecule has 2 aromatic rings. The van der Waals surface area contributed by atoms with E-state index >= 15 is 0 Å².